The standard InChI is InChI=1S/C18H16Cl2N2O4S/c19-14-7-6-12(8-15(14)20)10-27-11-17(24)26-9-16(23)21-22-18(25)13-4-2-1-3-5-13/h1-8H,9-11H2,(H,21,23)(H,22,25). The molecule has 9 heteroatoms. The van der Waals surface area contributed by atoms with E-state index in [0.717, 1.165) is 5.56 Å². The first-order valence-corrected chi connectivity index (χ1v) is 9.68. The van der Waals surface area contributed by atoms with Crippen LogP contribution in [-0.2, 0) is 20.1 Å². The van der Waals surface area contributed by atoms with Gasteiger partial charge < -0.3 is 4.74 Å². The molecule has 2 aromatic rings. The number of ether oxygens (including phenoxy) is 1. The van der Waals surface area contributed by atoms with Gasteiger partial charge in [0.25, 0.3) is 11.8 Å². The third-order valence-electron chi connectivity index (χ3n) is 3.19. The van der Waals surface area contributed by atoms with Crippen molar-refractivity contribution in [3.63, 3.8) is 0 Å². The number of halogens is 2. The zero-order valence-corrected chi connectivity index (χ0v) is 16.4. The SMILES string of the molecule is O=C(COC(=O)CSCc1ccc(Cl)c(Cl)c1)NNC(=O)c1ccccc1. The number of thioether (sulfide) groups is 1. The third-order valence-corrected chi connectivity index (χ3v) is 4.90. The Morgan fingerprint density at radius 2 is 1.70 bits per heavy atom. The van der Waals surface area contributed by atoms with Gasteiger partial charge in [0.2, 0.25) is 0 Å². The van der Waals surface area contributed by atoms with E-state index < -0.39 is 24.4 Å². The van der Waals surface area contributed by atoms with Crippen molar-refractivity contribution in [3.8, 4) is 0 Å². The second-order valence-corrected chi connectivity index (χ2v) is 7.07. The first kappa shape index (κ1) is 21.1. The summed E-state index contributed by atoms with van der Waals surface area (Å²) in [6.07, 6.45) is 0. The van der Waals surface area contributed by atoms with Crippen LogP contribution in [0.2, 0.25) is 10.0 Å². The summed E-state index contributed by atoms with van der Waals surface area (Å²) in [6, 6.07) is 13.6. The summed E-state index contributed by atoms with van der Waals surface area (Å²) in [4.78, 5) is 35.0. The van der Waals surface area contributed by atoms with Crippen molar-refractivity contribution in [2.45, 2.75) is 5.75 Å². The van der Waals surface area contributed by atoms with E-state index in [9.17, 15) is 14.4 Å². The molecule has 0 unspecified atom stereocenters. The van der Waals surface area contributed by atoms with Gasteiger partial charge in [0.05, 0.1) is 15.8 Å². The largest absolute Gasteiger partial charge is 0.455 e. The Labute approximate surface area is 170 Å². The Bertz CT molecular complexity index is 818. The summed E-state index contributed by atoms with van der Waals surface area (Å²) in [6.45, 7) is -0.485. The Kier molecular flexibility index (Phi) is 8.44. The smallest absolute Gasteiger partial charge is 0.316 e. The van der Waals surface area contributed by atoms with Gasteiger partial charge in [0, 0.05) is 11.3 Å². The number of hydrogen-bond donors (Lipinski definition) is 2. The van der Waals surface area contributed by atoms with Crippen LogP contribution in [0.5, 0.6) is 0 Å². The quantitative estimate of drug-likeness (QED) is 0.524. The van der Waals surface area contributed by atoms with Crippen LogP contribution < -0.4 is 10.9 Å². The van der Waals surface area contributed by atoms with E-state index in [1.54, 1.807) is 42.5 Å². The van der Waals surface area contributed by atoms with Crippen LogP contribution in [-0.4, -0.2) is 30.1 Å². The fourth-order valence-electron chi connectivity index (χ4n) is 1.89. The molecule has 0 saturated heterocycles. The van der Waals surface area contributed by atoms with E-state index in [1.165, 1.54) is 11.8 Å². The van der Waals surface area contributed by atoms with E-state index in [0.29, 0.717) is 21.4 Å². The fourth-order valence-corrected chi connectivity index (χ4v) is 2.98. The van der Waals surface area contributed by atoms with Gasteiger partial charge in [-0.2, -0.15) is 0 Å². The molecule has 6 nitrogen and oxygen atoms in total. The average molecular weight is 427 g/mol. The van der Waals surface area contributed by atoms with Gasteiger partial charge in [0.1, 0.15) is 0 Å². The summed E-state index contributed by atoms with van der Waals surface area (Å²) in [7, 11) is 0. The normalized spacial score (nSPS) is 10.1. The highest BCUT2D eigenvalue weighted by atomic mass is 35.5. The Morgan fingerprint density at radius 3 is 2.41 bits per heavy atom. The number of rotatable bonds is 7. The van der Waals surface area contributed by atoms with Crippen LogP contribution in [0.15, 0.2) is 48.5 Å². The Morgan fingerprint density at radius 1 is 0.963 bits per heavy atom. The van der Waals surface area contributed by atoms with E-state index in [1.807, 2.05) is 6.07 Å². The van der Waals surface area contributed by atoms with Crippen molar-refractivity contribution in [1.82, 2.24) is 10.9 Å². The maximum Gasteiger partial charge on any atom is 0.316 e. The van der Waals surface area contributed by atoms with E-state index in [4.69, 9.17) is 27.9 Å². The summed E-state index contributed by atoms with van der Waals surface area (Å²) >= 11 is 13.1. The van der Waals surface area contributed by atoms with Crippen molar-refractivity contribution in [3.05, 3.63) is 69.7 Å². The van der Waals surface area contributed by atoms with Gasteiger partial charge in [-0.1, -0.05) is 47.5 Å². The zero-order valence-electron chi connectivity index (χ0n) is 14.0. The number of amides is 2. The number of esters is 1. The number of benzene rings is 2. The number of carbonyl (C=O) groups excluding carboxylic acids is 3. The molecular formula is C18H16Cl2N2O4S. The molecule has 2 amide bonds. The zero-order chi connectivity index (χ0) is 19.6. The summed E-state index contributed by atoms with van der Waals surface area (Å²) < 4.78 is 4.85. The first-order chi connectivity index (χ1) is 13.0. The van der Waals surface area contributed by atoms with Gasteiger partial charge in [-0.15, -0.1) is 11.8 Å². The topological polar surface area (TPSA) is 84.5 Å². The van der Waals surface area contributed by atoms with Gasteiger partial charge in [-0.25, -0.2) is 0 Å². The van der Waals surface area contributed by atoms with Crippen molar-refractivity contribution < 1.29 is 19.1 Å². The first-order valence-electron chi connectivity index (χ1n) is 7.77. The van der Waals surface area contributed by atoms with E-state index in [-0.39, 0.29) is 5.75 Å². The van der Waals surface area contributed by atoms with Crippen LogP contribution in [0.3, 0.4) is 0 Å². The molecule has 2 N–H and O–H groups in total. The lowest BCUT2D eigenvalue weighted by atomic mass is 10.2. The predicted octanol–water partition coefficient (Wildman–Crippen LogP) is 3.23. The highest BCUT2D eigenvalue weighted by Gasteiger charge is 2.10. The van der Waals surface area contributed by atoms with Gasteiger partial charge in [-0.3, -0.25) is 25.2 Å². The maximum absolute atomic E-state index is 11.8. The highest BCUT2D eigenvalue weighted by molar-refractivity contribution is 7.99. The van der Waals surface area contributed by atoms with Gasteiger partial charge in [0.15, 0.2) is 6.61 Å². The van der Waals surface area contributed by atoms with Crippen LogP contribution in [0, 0.1) is 0 Å². The van der Waals surface area contributed by atoms with Crippen LogP contribution >= 0.6 is 35.0 Å². The van der Waals surface area contributed by atoms with Crippen LogP contribution in [0.1, 0.15) is 15.9 Å². The molecule has 0 heterocycles. The van der Waals surface area contributed by atoms with Crippen LogP contribution in [0.4, 0.5) is 0 Å². The number of hydrogen-bond acceptors (Lipinski definition) is 5. The average Bonchev–Trinajstić information content (AvgIpc) is 2.68. The number of hydrazine groups is 1. The van der Waals surface area contributed by atoms with Crippen molar-refractivity contribution >= 4 is 52.7 Å². The minimum atomic E-state index is -0.637. The fraction of sp³-hybridized carbons (Fsp3) is 0.167. The molecule has 142 valence electrons. The summed E-state index contributed by atoms with van der Waals surface area (Å²) in [5.41, 5.74) is 5.74. The molecule has 2 aromatic carbocycles. The number of carbonyl (C=O) groups is 3. The summed E-state index contributed by atoms with van der Waals surface area (Å²) in [5.74, 6) is -1.02. The molecule has 0 atom stereocenters. The second-order valence-electron chi connectivity index (χ2n) is 5.27. The Hall–Kier alpha value is -2.22. The molecule has 0 fully saturated rings. The molecule has 0 aliphatic rings. The lowest BCUT2D eigenvalue weighted by Gasteiger charge is -2.08. The third kappa shape index (κ3) is 7.50. The predicted molar refractivity (Wildman–Crippen MR) is 106 cm³/mol. The number of nitrogens with one attached hydrogen (secondary N) is 2. The molecule has 0 aliphatic carbocycles. The lowest BCUT2D eigenvalue weighted by Crippen LogP contribution is -2.43. The Balaban J connectivity index is 1.62. The molecule has 0 saturated carbocycles. The van der Waals surface area contributed by atoms with E-state index >= 15 is 0 Å². The molecule has 0 spiro atoms. The minimum Gasteiger partial charge on any atom is -0.455 e. The van der Waals surface area contributed by atoms with E-state index in [2.05, 4.69) is 10.9 Å². The molecule has 27 heavy (non-hydrogen) atoms. The molecule has 0 aliphatic heterocycles. The maximum atomic E-state index is 11.8. The molecule has 0 bridgehead atoms. The van der Waals surface area contributed by atoms with Crippen molar-refractivity contribution in [2.75, 3.05) is 12.4 Å². The highest BCUT2D eigenvalue weighted by Crippen LogP contribution is 2.24. The van der Waals surface area contributed by atoms with Crippen molar-refractivity contribution in [2.24, 2.45) is 0 Å². The minimum absolute atomic E-state index is 0.0733. The molecule has 0 radical (unpaired) electrons. The molecular weight excluding hydrogens is 411 g/mol. The van der Waals surface area contributed by atoms with Crippen molar-refractivity contribution in [1.29, 1.82) is 0 Å². The summed E-state index contributed by atoms with van der Waals surface area (Å²) in [5, 5.41) is 0.918. The van der Waals surface area contributed by atoms with Gasteiger partial charge in [-0.05, 0) is 29.8 Å². The molecule has 2 rings (SSSR count). The molecule has 0 aromatic heterocycles. The lowest BCUT2D eigenvalue weighted by molar-refractivity contribution is -0.146. The second kappa shape index (κ2) is 10.8. The van der Waals surface area contributed by atoms with Gasteiger partial charge >= 0.3 is 5.97 Å². The monoisotopic (exact) mass is 426 g/mol. The van der Waals surface area contributed by atoms with Crippen LogP contribution in [0.25, 0.3) is 0 Å².